The molecule has 1 unspecified atom stereocenters. The summed E-state index contributed by atoms with van der Waals surface area (Å²) in [5.74, 6) is 0.580. The highest BCUT2D eigenvalue weighted by Gasteiger charge is 2.22. The van der Waals surface area contributed by atoms with Crippen molar-refractivity contribution < 1.29 is 4.79 Å². The maximum atomic E-state index is 13.4. The van der Waals surface area contributed by atoms with Gasteiger partial charge in [0, 0.05) is 0 Å². The summed E-state index contributed by atoms with van der Waals surface area (Å²) < 4.78 is 3.43. The van der Waals surface area contributed by atoms with E-state index in [1.165, 1.54) is 22.9 Å². The number of thioether (sulfide) groups is 1. The lowest BCUT2D eigenvalue weighted by Crippen LogP contribution is -2.32. The quantitative estimate of drug-likeness (QED) is 0.378. The zero-order valence-corrected chi connectivity index (χ0v) is 19.7. The summed E-state index contributed by atoms with van der Waals surface area (Å²) in [6, 6.07) is 25.2. The molecule has 8 heteroatoms. The van der Waals surface area contributed by atoms with Crippen LogP contribution in [0.15, 0.2) is 88.8 Å². The van der Waals surface area contributed by atoms with Gasteiger partial charge in [-0.1, -0.05) is 66.4 Å². The van der Waals surface area contributed by atoms with Gasteiger partial charge in [0.15, 0.2) is 5.16 Å². The number of aromatic nitrogens is 4. The van der Waals surface area contributed by atoms with Crippen LogP contribution in [-0.4, -0.2) is 30.8 Å². The molecule has 6 rings (SSSR count). The van der Waals surface area contributed by atoms with Crippen LogP contribution in [0.3, 0.4) is 0 Å². The Bertz CT molecular complexity index is 1610. The summed E-state index contributed by atoms with van der Waals surface area (Å²) in [6.45, 7) is 0. The van der Waals surface area contributed by atoms with E-state index in [0.29, 0.717) is 27.5 Å². The van der Waals surface area contributed by atoms with Crippen molar-refractivity contribution in [2.75, 3.05) is 5.75 Å². The molecule has 3 aromatic carbocycles. The first-order chi connectivity index (χ1) is 17.2. The van der Waals surface area contributed by atoms with Crippen LogP contribution in [-0.2, 0) is 11.2 Å². The van der Waals surface area contributed by atoms with Gasteiger partial charge in [0.1, 0.15) is 0 Å². The van der Waals surface area contributed by atoms with Gasteiger partial charge in [0.2, 0.25) is 11.7 Å². The lowest BCUT2D eigenvalue weighted by atomic mass is 9.88. The molecule has 35 heavy (non-hydrogen) atoms. The van der Waals surface area contributed by atoms with Gasteiger partial charge in [0.25, 0.3) is 5.56 Å². The Kier molecular flexibility index (Phi) is 5.58. The van der Waals surface area contributed by atoms with Crippen molar-refractivity contribution in [1.82, 2.24) is 24.5 Å². The Morgan fingerprint density at radius 2 is 1.74 bits per heavy atom. The van der Waals surface area contributed by atoms with Crippen molar-refractivity contribution in [3.8, 4) is 5.69 Å². The number of carbonyl (C=O) groups is 1. The Labute approximate surface area is 205 Å². The molecule has 1 atom stereocenters. The van der Waals surface area contributed by atoms with E-state index in [1.54, 1.807) is 10.6 Å². The molecule has 0 bridgehead atoms. The Balaban J connectivity index is 1.33. The highest BCUT2D eigenvalue weighted by Crippen LogP contribution is 2.30. The van der Waals surface area contributed by atoms with E-state index < -0.39 is 0 Å². The van der Waals surface area contributed by atoms with E-state index in [1.807, 2.05) is 59.0 Å². The third-order valence-corrected chi connectivity index (χ3v) is 7.38. The summed E-state index contributed by atoms with van der Waals surface area (Å²) in [4.78, 5) is 26.3. The number of amides is 1. The number of rotatable bonds is 5. The number of hydrogen-bond donors (Lipinski definition) is 1. The fourth-order valence-electron chi connectivity index (χ4n) is 4.85. The second kappa shape index (κ2) is 9.03. The monoisotopic (exact) mass is 481 g/mol. The van der Waals surface area contributed by atoms with Crippen LogP contribution >= 0.6 is 11.8 Å². The zero-order chi connectivity index (χ0) is 23.8. The first-order valence-corrected chi connectivity index (χ1v) is 12.6. The van der Waals surface area contributed by atoms with Gasteiger partial charge < -0.3 is 5.32 Å². The van der Waals surface area contributed by atoms with Gasteiger partial charge in [0.05, 0.1) is 28.4 Å². The van der Waals surface area contributed by atoms with E-state index in [2.05, 4.69) is 33.7 Å². The van der Waals surface area contributed by atoms with Gasteiger partial charge in [-0.2, -0.15) is 0 Å². The van der Waals surface area contributed by atoms with Crippen LogP contribution in [0.1, 0.15) is 30.0 Å². The molecule has 174 valence electrons. The number of fused-ring (bicyclic) bond motifs is 4. The van der Waals surface area contributed by atoms with Crippen molar-refractivity contribution in [3.63, 3.8) is 0 Å². The van der Waals surface area contributed by atoms with Gasteiger partial charge in [-0.15, -0.1) is 10.2 Å². The molecule has 1 N–H and O–H groups in total. The summed E-state index contributed by atoms with van der Waals surface area (Å²) in [6.07, 6.45) is 3.06. The summed E-state index contributed by atoms with van der Waals surface area (Å²) in [5.41, 5.74) is 3.80. The van der Waals surface area contributed by atoms with E-state index in [0.717, 1.165) is 19.3 Å². The molecule has 0 saturated heterocycles. The summed E-state index contributed by atoms with van der Waals surface area (Å²) >= 11 is 1.32. The molecule has 1 aliphatic rings. The van der Waals surface area contributed by atoms with E-state index >= 15 is 0 Å². The molecule has 0 saturated carbocycles. The third kappa shape index (κ3) is 3.89. The Morgan fingerprint density at radius 1 is 0.971 bits per heavy atom. The predicted octanol–water partition coefficient (Wildman–Crippen LogP) is 4.32. The van der Waals surface area contributed by atoms with Crippen molar-refractivity contribution in [3.05, 3.63) is 100 Å². The average molecular weight is 482 g/mol. The number of aryl methyl sites for hydroxylation is 1. The van der Waals surface area contributed by atoms with Gasteiger partial charge >= 0.3 is 0 Å². The largest absolute Gasteiger partial charge is 0.349 e. The number of nitrogens with zero attached hydrogens (tertiary/aromatic N) is 4. The molecule has 0 radical (unpaired) electrons. The molecule has 7 nitrogen and oxygen atoms in total. The maximum Gasteiger partial charge on any atom is 0.267 e. The van der Waals surface area contributed by atoms with Crippen LogP contribution in [0.25, 0.3) is 22.4 Å². The molecule has 0 aliphatic heterocycles. The molecular weight excluding hydrogens is 458 g/mol. The minimum atomic E-state index is -0.156. The van der Waals surface area contributed by atoms with E-state index in [-0.39, 0.29) is 23.3 Å². The lowest BCUT2D eigenvalue weighted by molar-refractivity contribution is -0.119. The molecule has 2 heterocycles. The average Bonchev–Trinajstić information content (AvgIpc) is 3.32. The van der Waals surface area contributed by atoms with Crippen LogP contribution in [0, 0.1) is 0 Å². The first kappa shape index (κ1) is 21.6. The maximum absolute atomic E-state index is 13.4. The number of carbonyl (C=O) groups excluding carboxylic acids is 1. The minimum Gasteiger partial charge on any atom is -0.349 e. The standard InChI is InChI=1S/C27H23N5O2S/c33-24(28-22-15-8-10-18-9-4-5-13-20(18)22)17-35-27-30-29-26-31(19-11-2-1-3-12-19)25(34)21-14-6-7-16-23(21)32(26)27/h1-7,9,11-14,16,22H,8,10,15,17H2,(H,28,33). The van der Waals surface area contributed by atoms with Gasteiger partial charge in [-0.05, 0) is 54.7 Å². The topological polar surface area (TPSA) is 81.3 Å². The first-order valence-electron chi connectivity index (χ1n) is 11.6. The van der Waals surface area contributed by atoms with Crippen LogP contribution in [0.4, 0.5) is 0 Å². The number of para-hydroxylation sites is 2. The molecule has 0 fully saturated rings. The van der Waals surface area contributed by atoms with Crippen molar-refractivity contribution in [2.24, 2.45) is 0 Å². The second-order valence-corrected chi connectivity index (χ2v) is 9.55. The summed E-state index contributed by atoms with van der Waals surface area (Å²) in [7, 11) is 0. The van der Waals surface area contributed by atoms with Crippen LogP contribution in [0.2, 0.25) is 0 Å². The number of nitrogens with one attached hydrogen (secondary N) is 1. The van der Waals surface area contributed by atoms with E-state index in [4.69, 9.17) is 0 Å². The lowest BCUT2D eigenvalue weighted by Gasteiger charge is -2.26. The fourth-order valence-corrected chi connectivity index (χ4v) is 5.60. The normalized spacial score (nSPS) is 15.3. The second-order valence-electron chi connectivity index (χ2n) is 8.61. The van der Waals surface area contributed by atoms with Crippen molar-refractivity contribution >= 4 is 34.3 Å². The van der Waals surface area contributed by atoms with Crippen molar-refractivity contribution in [2.45, 2.75) is 30.5 Å². The highest BCUT2D eigenvalue weighted by atomic mass is 32.2. The molecule has 5 aromatic rings. The minimum absolute atomic E-state index is 0.0345. The predicted molar refractivity (Wildman–Crippen MR) is 137 cm³/mol. The molecule has 1 amide bonds. The fraction of sp³-hybridized carbons (Fsp3) is 0.185. The third-order valence-electron chi connectivity index (χ3n) is 6.45. The van der Waals surface area contributed by atoms with Gasteiger partial charge in [-0.3, -0.25) is 14.0 Å². The van der Waals surface area contributed by atoms with Crippen LogP contribution in [0.5, 0.6) is 0 Å². The smallest absolute Gasteiger partial charge is 0.267 e. The van der Waals surface area contributed by atoms with E-state index in [9.17, 15) is 9.59 Å². The molecule has 0 spiro atoms. The Hall–Kier alpha value is -3.91. The Morgan fingerprint density at radius 3 is 2.63 bits per heavy atom. The zero-order valence-electron chi connectivity index (χ0n) is 18.9. The van der Waals surface area contributed by atoms with Crippen molar-refractivity contribution in [1.29, 1.82) is 0 Å². The summed E-state index contributed by atoms with van der Waals surface area (Å²) in [5, 5.41) is 13.0. The highest BCUT2D eigenvalue weighted by molar-refractivity contribution is 7.99. The SMILES string of the molecule is O=C(CSc1nnc2n(-c3ccccc3)c(=O)c3ccccc3n12)NC1CCCc2ccccc21. The molecular formula is C27H23N5O2S. The number of benzene rings is 3. The molecule has 2 aromatic heterocycles. The van der Waals surface area contributed by atoms with Gasteiger partial charge in [-0.25, -0.2) is 4.57 Å². The molecule has 1 aliphatic carbocycles. The van der Waals surface area contributed by atoms with Crippen LogP contribution < -0.4 is 10.9 Å². The number of hydrogen-bond acceptors (Lipinski definition) is 5.